The Kier molecular flexibility index (Phi) is 1.96. The summed E-state index contributed by atoms with van der Waals surface area (Å²) in [7, 11) is -1.27. The minimum absolute atomic E-state index is 0.186. The van der Waals surface area contributed by atoms with Crippen molar-refractivity contribution >= 4 is 22.4 Å². The summed E-state index contributed by atoms with van der Waals surface area (Å²) < 4.78 is 11.2. The highest BCUT2D eigenvalue weighted by Gasteiger charge is 2.40. The highest BCUT2D eigenvalue weighted by atomic mass is 32.2. The zero-order valence-corrected chi connectivity index (χ0v) is 8.85. The molecule has 74 valence electrons. The molecule has 1 N–H and O–H groups in total. The number of carbonyl (C=O) groups is 1. The van der Waals surface area contributed by atoms with E-state index in [0.29, 0.717) is 10.6 Å². The maximum absolute atomic E-state index is 12.0. The molecule has 1 aromatic rings. The Labute approximate surface area is 85.0 Å². The van der Waals surface area contributed by atoms with Crippen molar-refractivity contribution in [3.63, 3.8) is 0 Å². The van der Waals surface area contributed by atoms with Crippen LogP contribution in [0.3, 0.4) is 0 Å². The molecule has 1 heterocycles. The van der Waals surface area contributed by atoms with Gasteiger partial charge in [-0.2, -0.15) is 0 Å². The van der Waals surface area contributed by atoms with Crippen LogP contribution < -0.4 is 5.32 Å². The number of anilines is 1. The fraction of sp³-hybridized carbons (Fsp3) is 0.300. The molecule has 0 bridgehead atoms. The lowest BCUT2D eigenvalue weighted by atomic mass is 10.2. The van der Waals surface area contributed by atoms with Crippen LogP contribution in [0, 0.1) is 0 Å². The minimum Gasteiger partial charge on any atom is -0.324 e. The van der Waals surface area contributed by atoms with Crippen LogP contribution in [0.5, 0.6) is 0 Å². The van der Waals surface area contributed by atoms with Crippen molar-refractivity contribution in [3.05, 3.63) is 24.3 Å². The van der Waals surface area contributed by atoms with Crippen molar-refractivity contribution in [3.8, 4) is 0 Å². The average molecular weight is 209 g/mol. The molecular formula is C10H11NO2S. The molecule has 0 saturated carbocycles. The summed E-state index contributed by atoms with van der Waals surface area (Å²) in [6.07, 6.45) is 0. The molecule has 0 spiro atoms. The van der Waals surface area contributed by atoms with Crippen LogP contribution in [0.2, 0.25) is 0 Å². The average Bonchev–Trinajstić information content (AvgIpc) is 2.15. The number of rotatable bonds is 0. The highest BCUT2D eigenvalue weighted by molar-refractivity contribution is 7.87. The molecule has 0 aromatic heterocycles. The molecule has 1 aromatic carbocycles. The summed E-state index contributed by atoms with van der Waals surface area (Å²) in [4.78, 5) is 12.3. The Balaban J connectivity index is 2.61. The minimum atomic E-state index is -1.27. The van der Waals surface area contributed by atoms with Gasteiger partial charge in [-0.15, -0.1) is 0 Å². The molecule has 0 saturated heterocycles. The molecule has 3 nitrogen and oxygen atoms in total. The van der Waals surface area contributed by atoms with Gasteiger partial charge in [-0.25, -0.2) is 0 Å². The van der Waals surface area contributed by atoms with Gasteiger partial charge in [0.25, 0.3) is 0 Å². The number of fused-ring (bicyclic) bond motifs is 1. The highest BCUT2D eigenvalue weighted by Crippen LogP contribution is 2.32. The van der Waals surface area contributed by atoms with Crippen LogP contribution in [0.1, 0.15) is 13.8 Å². The first kappa shape index (κ1) is 9.40. The molecule has 0 fully saturated rings. The summed E-state index contributed by atoms with van der Waals surface area (Å²) >= 11 is 0. The van der Waals surface area contributed by atoms with E-state index in [1.807, 2.05) is 12.1 Å². The van der Waals surface area contributed by atoms with E-state index in [1.165, 1.54) is 0 Å². The molecule has 14 heavy (non-hydrogen) atoms. The van der Waals surface area contributed by atoms with E-state index in [4.69, 9.17) is 0 Å². The van der Waals surface area contributed by atoms with Gasteiger partial charge in [0.1, 0.15) is 4.75 Å². The van der Waals surface area contributed by atoms with Crippen LogP contribution in [-0.4, -0.2) is 14.9 Å². The molecule has 1 aliphatic rings. The zero-order valence-electron chi connectivity index (χ0n) is 8.03. The number of hydrogen-bond donors (Lipinski definition) is 1. The number of para-hydroxylation sites is 1. The number of hydrogen-bond acceptors (Lipinski definition) is 2. The molecular weight excluding hydrogens is 198 g/mol. The van der Waals surface area contributed by atoms with Gasteiger partial charge in [-0.3, -0.25) is 9.00 Å². The SMILES string of the molecule is CC1(C)C(=O)Nc2ccccc2S1=O. The monoisotopic (exact) mass is 209 g/mol. The van der Waals surface area contributed by atoms with E-state index in [2.05, 4.69) is 5.32 Å². The van der Waals surface area contributed by atoms with Gasteiger partial charge in [-0.1, -0.05) is 12.1 Å². The van der Waals surface area contributed by atoms with E-state index >= 15 is 0 Å². The lowest BCUT2D eigenvalue weighted by molar-refractivity contribution is -0.117. The summed E-state index contributed by atoms with van der Waals surface area (Å²) in [6.45, 7) is 3.38. The van der Waals surface area contributed by atoms with Gasteiger partial charge in [0.05, 0.1) is 21.4 Å². The third-order valence-corrected chi connectivity index (χ3v) is 4.21. The lowest BCUT2D eigenvalue weighted by Gasteiger charge is -2.29. The lowest BCUT2D eigenvalue weighted by Crippen LogP contribution is -2.44. The quantitative estimate of drug-likeness (QED) is 0.704. The largest absolute Gasteiger partial charge is 0.324 e. The predicted molar refractivity (Wildman–Crippen MR) is 55.6 cm³/mol. The van der Waals surface area contributed by atoms with E-state index < -0.39 is 15.5 Å². The maximum Gasteiger partial charge on any atom is 0.243 e. The van der Waals surface area contributed by atoms with Crippen LogP contribution in [0.25, 0.3) is 0 Å². The molecule has 1 aliphatic heterocycles. The predicted octanol–water partition coefficient (Wildman–Crippen LogP) is 1.52. The van der Waals surface area contributed by atoms with Crippen LogP contribution in [-0.2, 0) is 15.6 Å². The number of carbonyl (C=O) groups excluding carboxylic acids is 1. The van der Waals surface area contributed by atoms with Crippen molar-refractivity contribution in [1.29, 1.82) is 0 Å². The zero-order chi connectivity index (χ0) is 10.3. The van der Waals surface area contributed by atoms with E-state index in [1.54, 1.807) is 26.0 Å². The molecule has 1 unspecified atom stereocenters. The molecule has 0 aliphatic carbocycles. The number of amides is 1. The standard InChI is InChI=1S/C10H11NO2S/c1-10(2)9(12)11-7-5-3-4-6-8(7)14(10)13/h3-6H,1-2H3,(H,11,12). The van der Waals surface area contributed by atoms with E-state index in [-0.39, 0.29) is 5.91 Å². The summed E-state index contributed by atoms with van der Waals surface area (Å²) in [6, 6.07) is 7.19. The topological polar surface area (TPSA) is 46.2 Å². The maximum atomic E-state index is 12.0. The number of nitrogens with one attached hydrogen (secondary N) is 1. The second kappa shape index (κ2) is 2.92. The Morgan fingerprint density at radius 2 is 1.93 bits per heavy atom. The van der Waals surface area contributed by atoms with Gasteiger partial charge < -0.3 is 5.32 Å². The molecule has 0 radical (unpaired) electrons. The van der Waals surface area contributed by atoms with Gasteiger partial charge in [0.15, 0.2) is 0 Å². The Bertz CT molecular complexity index is 426. The second-order valence-corrected chi connectivity index (χ2v) is 5.73. The third-order valence-electron chi connectivity index (χ3n) is 2.35. The van der Waals surface area contributed by atoms with Gasteiger partial charge in [0, 0.05) is 0 Å². The number of benzene rings is 1. The first-order valence-corrected chi connectivity index (χ1v) is 5.51. The molecule has 1 atom stereocenters. The fourth-order valence-electron chi connectivity index (χ4n) is 1.36. The Hall–Kier alpha value is -1.16. The molecule has 2 rings (SSSR count). The molecule has 4 heteroatoms. The molecule has 1 amide bonds. The third kappa shape index (κ3) is 1.18. The summed E-state index contributed by atoms with van der Waals surface area (Å²) in [5.41, 5.74) is 0.662. The van der Waals surface area contributed by atoms with E-state index in [0.717, 1.165) is 0 Å². The van der Waals surface area contributed by atoms with Crippen molar-refractivity contribution < 1.29 is 9.00 Å². The van der Waals surface area contributed by atoms with E-state index in [9.17, 15) is 9.00 Å². The van der Waals surface area contributed by atoms with Gasteiger partial charge in [0.2, 0.25) is 5.91 Å². The van der Waals surface area contributed by atoms with Crippen molar-refractivity contribution in [2.75, 3.05) is 5.32 Å². The Morgan fingerprint density at radius 1 is 1.29 bits per heavy atom. The smallest absolute Gasteiger partial charge is 0.243 e. The van der Waals surface area contributed by atoms with Crippen LogP contribution in [0.15, 0.2) is 29.2 Å². The second-order valence-electron chi connectivity index (χ2n) is 3.73. The Morgan fingerprint density at radius 3 is 2.64 bits per heavy atom. The van der Waals surface area contributed by atoms with Gasteiger partial charge in [-0.05, 0) is 26.0 Å². The van der Waals surface area contributed by atoms with Crippen molar-refractivity contribution in [2.45, 2.75) is 23.5 Å². The summed E-state index contributed by atoms with van der Waals surface area (Å²) in [5.74, 6) is -0.186. The van der Waals surface area contributed by atoms with Crippen molar-refractivity contribution in [1.82, 2.24) is 0 Å². The first-order valence-electron chi connectivity index (χ1n) is 4.36. The normalized spacial score (nSPS) is 23.9. The van der Waals surface area contributed by atoms with Crippen molar-refractivity contribution in [2.24, 2.45) is 0 Å². The fourth-order valence-corrected chi connectivity index (χ4v) is 2.65. The van der Waals surface area contributed by atoms with Crippen LogP contribution >= 0.6 is 0 Å². The van der Waals surface area contributed by atoms with Gasteiger partial charge >= 0.3 is 0 Å². The van der Waals surface area contributed by atoms with Crippen LogP contribution in [0.4, 0.5) is 5.69 Å². The summed E-state index contributed by atoms with van der Waals surface area (Å²) in [5, 5.41) is 2.75. The first-order chi connectivity index (χ1) is 6.53.